The van der Waals surface area contributed by atoms with Gasteiger partial charge in [0.05, 0.1) is 25.3 Å². The summed E-state index contributed by atoms with van der Waals surface area (Å²) in [6.45, 7) is 0.876. The molecule has 12 heteroatoms. The molecule has 3 aliphatic rings. The van der Waals surface area contributed by atoms with E-state index in [4.69, 9.17) is 9.15 Å². The number of methoxy groups -OCH3 is 1. The number of anilines is 1. The normalized spacial score (nSPS) is 23.4. The number of fused-ring (bicyclic) bond motifs is 2. The largest absolute Gasteiger partial charge is 0.494 e. The molecular formula is C24H22FN5O6. The molecule has 0 spiro atoms. The fourth-order valence-corrected chi connectivity index (χ4v) is 5.07. The minimum Gasteiger partial charge on any atom is -0.494 e. The lowest BCUT2D eigenvalue weighted by molar-refractivity contribution is -0.125. The maximum Gasteiger partial charge on any atom is 0.322 e. The first-order valence-electron chi connectivity index (χ1n) is 11.4. The van der Waals surface area contributed by atoms with Crippen molar-refractivity contribution in [2.75, 3.05) is 31.6 Å². The number of hydrogen-bond acceptors (Lipinski definition) is 8. The summed E-state index contributed by atoms with van der Waals surface area (Å²) in [5.41, 5.74) is -0.586. The molecule has 3 aliphatic heterocycles. The molecule has 5 heterocycles. The first kappa shape index (κ1) is 22.3. The lowest BCUT2D eigenvalue weighted by Gasteiger charge is -2.28. The van der Waals surface area contributed by atoms with Gasteiger partial charge < -0.3 is 29.4 Å². The van der Waals surface area contributed by atoms with Gasteiger partial charge in [-0.15, -0.1) is 0 Å². The maximum absolute atomic E-state index is 14.8. The van der Waals surface area contributed by atoms with Gasteiger partial charge in [0.15, 0.2) is 22.7 Å². The highest BCUT2D eigenvalue weighted by atomic mass is 19.1. The SMILES string of the molecule is COc1ccc2c(c1F)C(=O)N(C[C@@]1(c3cc4nc(N5CCC(O)C5)ccc4o3)NC(=O)NC1=O)C2. The summed E-state index contributed by atoms with van der Waals surface area (Å²) >= 11 is 0. The summed E-state index contributed by atoms with van der Waals surface area (Å²) < 4.78 is 25.8. The molecule has 2 atom stereocenters. The van der Waals surface area contributed by atoms with E-state index in [2.05, 4.69) is 15.6 Å². The Hall–Kier alpha value is -4.19. The number of halogens is 1. The maximum atomic E-state index is 14.8. The zero-order valence-corrected chi connectivity index (χ0v) is 19.2. The molecule has 36 heavy (non-hydrogen) atoms. The molecule has 2 aromatic heterocycles. The van der Waals surface area contributed by atoms with E-state index in [9.17, 15) is 23.9 Å². The molecule has 0 bridgehead atoms. The number of β-amino-alcohol motifs (C(OH)–C–C–N with tert-alkyl or cyclic N) is 1. The summed E-state index contributed by atoms with van der Waals surface area (Å²) in [6, 6.07) is 7.30. The molecule has 3 N–H and O–H groups in total. The van der Waals surface area contributed by atoms with Crippen molar-refractivity contribution in [3.05, 3.63) is 53.0 Å². The quantitative estimate of drug-likeness (QED) is 0.450. The summed E-state index contributed by atoms with van der Waals surface area (Å²) in [7, 11) is 1.31. The average molecular weight is 495 g/mol. The number of aliphatic hydroxyl groups is 1. The smallest absolute Gasteiger partial charge is 0.322 e. The molecule has 0 saturated carbocycles. The number of aromatic nitrogens is 1. The van der Waals surface area contributed by atoms with Crippen LogP contribution in [0.1, 0.15) is 28.1 Å². The molecule has 0 aliphatic carbocycles. The summed E-state index contributed by atoms with van der Waals surface area (Å²) in [4.78, 5) is 46.3. The molecular weight excluding hydrogens is 473 g/mol. The second-order valence-electron chi connectivity index (χ2n) is 9.14. The van der Waals surface area contributed by atoms with E-state index in [1.807, 2.05) is 4.90 Å². The van der Waals surface area contributed by atoms with Crippen LogP contribution in [0, 0.1) is 5.82 Å². The van der Waals surface area contributed by atoms with E-state index in [-0.39, 0.29) is 30.2 Å². The van der Waals surface area contributed by atoms with E-state index in [0.29, 0.717) is 42.0 Å². The zero-order chi connectivity index (χ0) is 25.2. The van der Waals surface area contributed by atoms with Gasteiger partial charge in [-0.25, -0.2) is 14.2 Å². The number of rotatable bonds is 5. The third-order valence-corrected chi connectivity index (χ3v) is 6.91. The van der Waals surface area contributed by atoms with Crippen LogP contribution < -0.4 is 20.3 Å². The number of urea groups is 1. The fraction of sp³-hybridized carbons (Fsp3) is 0.333. The van der Waals surface area contributed by atoms with Gasteiger partial charge in [0.2, 0.25) is 0 Å². The van der Waals surface area contributed by atoms with Crippen molar-refractivity contribution in [3.63, 3.8) is 0 Å². The highest BCUT2D eigenvalue weighted by Gasteiger charge is 2.53. The summed E-state index contributed by atoms with van der Waals surface area (Å²) in [5.74, 6) is -1.42. The van der Waals surface area contributed by atoms with Crippen molar-refractivity contribution in [1.29, 1.82) is 0 Å². The fourth-order valence-electron chi connectivity index (χ4n) is 5.07. The number of hydrogen-bond donors (Lipinski definition) is 3. The van der Waals surface area contributed by atoms with Crippen LogP contribution in [0.25, 0.3) is 11.1 Å². The van der Waals surface area contributed by atoms with Gasteiger partial charge in [0, 0.05) is 25.7 Å². The van der Waals surface area contributed by atoms with E-state index in [1.165, 1.54) is 18.1 Å². The molecule has 1 aromatic carbocycles. The zero-order valence-electron chi connectivity index (χ0n) is 19.2. The highest BCUT2D eigenvalue weighted by molar-refractivity contribution is 6.08. The molecule has 3 aromatic rings. The molecule has 4 amide bonds. The van der Waals surface area contributed by atoms with Crippen molar-refractivity contribution in [3.8, 4) is 5.75 Å². The number of carbonyl (C=O) groups is 3. The third-order valence-electron chi connectivity index (χ3n) is 6.91. The third kappa shape index (κ3) is 3.28. The van der Waals surface area contributed by atoms with E-state index in [1.54, 1.807) is 24.3 Å². The van der Waals surface area contributed by atoms with Crippen molar-refractivity contribution >= 4 is 34.8 Å². The van der Waals surface area contributed by atoms with Crippen LogP contribution in [0.5, 0.6) is 5.75 Å². The monoisotopic (exact) mass is 495 g/mol. The van der Waals surface area contributed by atoms with Gasteiger partial charge in [-0.05, 0) is 30.2 Å². The number of furan rings is 1. The lowest BCUT2D eigenvalue weighted by Crippen LogP contribution is -2.52. The first-order chi connectivity index (χ1) is 17.3. The minimum atomic E-state index is -1.74. The molecule has 0 radical (unpaired) electrons. The van der Waals surface area contributed by atoms with Gasteiger partial charge >= 0.3 is 6.03 Å². The van der Waals surface area contributed by atoms with Crippen LogP contribution in [0.15, 0.2) is 34.7 Å². The van der Waals surface area contributed by atoms with Crippen LogP contribution in [0.4, 0.5) is 15.0 Å². The summed E-state index contributed by atoms with van der Waals surface area (Å²) in [5, 5.41) is 14.7. The Bertz CT molecular complexity index is 1440. The second-order valence-corrected chi connectivity index (χ2v) is 9.14. The van der Waals surface area contributed by atoms with Crippen molar-refractivity contribution < 1.29 is 33.0 Å². The predicted molar refractivity (Wildman–Crippen MR) is 123 cm³/mol. The predicted octanol–water partition coefficient (Wildman–Crippen LogP) is 1.24. The van der Waals surface area contributed by atoms with Gasteiger partial charge in [0.25, 0.3) is 11.8 Å². The number of ether oxygens (including phenoxy) is 1. The minimum absolute atomic E-state index is 0.0416. The number of pyridine rings is 1. The van der Waals surface area contributed by atoms with E-state index in [0.717, 1.165) is 0 Å². The topological polar surface area (TPSA) is 137 Å². The standard InChI is InChI=1S/C24H22FN5O6/c1-35-16-3-2-12-9-30(21(32)19(12)20(16)25)11-24(22(33)27-23(34)28-24)17-8-14-15(36-17)4-5-18(26-14)29-7-6-13(31)10-29/h2-5,8,13,31H,6-7,9-11H2,1H3,(H2,27,28,33,34)/t13?,24-/m0/s1. The second kappa shape index (κ2) is 7.92. The van der Waals surface area contributed by atoms with Crippen LogP contribution in [-0.4, -0.2) is 65.7 Å². The number of amides is 4. The van der Waals surface area contributed by atoms with Crippen LogP contribution in [0.2, 0.25) is 0 Å². The van der Waals surface area contributed by atoms with Crippen LogP contribution >= 0.6 is 0 Å². The van der Waals surface area contributed by atoms with E-state index >= 15 is 0 Å². The Morgan fingerprint density at radius 3 is 2.81 bits per heavy atom. The first-order valence-corrected chi connectivity index (χ1v) is 11.4. The van der Waals surface area contributed by atoms with Gasteiger partial charge in [-0.3, -0.25) is 14.9 Å². The number of nitrogens with one attached hydrogen (secondary N) is 2. The van der Waals surface area contributed by atoms with Gasteiger partial charge in [-0.2, -0.15) is 0 Å². The molecule has 1 unspecified atom stereocenters. The number of imide groups is 1. The number of nitrogens with zero attached hydrogens (tertiary/aromatic N) is 3. The Kier molecular flexibility index (Phi) is 4.90. The number of carbonyl (C=O) groups excluding carboxylic acids is 3. The molecule has 2 fully saturated rings. The number of aliphatic hydroxyl groups excluding tert-OH is 1. The lowest BCUT2D eigenvalue weighted by atomic mass is 9.95. The van der Waals surface area contributed by atoms with E-state index < -0.39 is 35.3 Å². The Labute approximate surface area is 203 Å². The Morgan fingerprint density at radius 2 is 2.11 bits per heavy atom. The average Bonchev–Trinajstić information content (AvgIpc) is 3.60. The van der Waals surface area contributed by atoms with Crippen LogP contribution in [0.3, 0.4) is 0 Å². The highest BCUT2D eigenvalue weighted by Crippen LogP contribution is 2.36. The molecule has 6 rings (SSSR count). The molecule has 186 valence electrons. The van der Waals surface area contributed by atoms with Crippen molar-refractivity contribution in [1.82, 2.24) is 20.5 Å². The molecule has 11 nitrogen and oxygen atoms in total. The Morgan fingerprint density at radius 1 is 1.28 bits per heavy atom. The van der Waals surface area contributed by atoms with Crippen molar-refractivity contribution in [2.24, 2.45) is 0 Å². The Balaban J connectivity index is 1.36. The number of benzene rings is 1. The van der Waals surface area contributed by atoms with Gasteiger partial charge in [-0.1, -0.05) is 6.07 Å². The van der Waals surface area contributed by atoms with Crippen molar-refractivity contribution in [2.45, 2.75) is 24.6 Å². The summed E-state index contributed by atoms with van der Waals surface area (Å²) in [6.07, 6.45) is 0.222. The molecule has 2 saturated heterocycles. The van der Waals surface area contributed by atoms with Crippen LogP contribution in [-0.2, 0) is 16.9 Å². The van der Waals surface area contributed by atoms with Gasteiger partial charge in [0.1, 0.15) is 17.1 Å².